The van der Waals surface area contributed by atoms with Crippen LogP contribution in [0, 0.1) is 0 Å². The molecule has 0 spiro atoms. The molecule has 12 heavy (non-hydrogen) atoms. The van der Waals surface area contributed by atoms with Crippen molar-refractivity contribution >= 4 is 23.5 Å². The molecular weight excluding hydrogens is 190 g/mol. The Morgan fingerprint density at radius 1 is 1.50 bits per heavy atom. The van der Waals surface area contributed by atoms with Gasteiger partial charge in [0.2, 0.25) is 0 Å². The van der Waals surface area contributed by atoms with Gasteiger partial charge in [0.25, 0.3) is 0 Å². The number of nitrogens with one attached hydrogen (secondary N) is 1. The van der Waals surface area contributed by atoms with E-state index in [1.165, 1.54) is 36.8 Å². The molecule has 1 rings (SSSR count). The summed E-state index contributed by atoms with van der Waals surface area (Å²) in [5, 5.41) is 2.84. The van der Waals surface area contributed by atoms with Crippen molar-refractivity contribution in [2.75, 3.05) is 0 Å². The van der Waals surface area contributed by atoms with E-state index in [2.05, 4.69) is 17.7 Å². The maximum absolute atomic E-state index is 5.96. The van der Waals surface area contributed by atoms with Gasteiger partial charge < -0.3 is 4.72 Å². The first-order valence-corrected chi connectivity index (χ1v) is 5.57. The van der Waals surface area contributed by atoms with E-state index >= 15 is 0 Å². The van der Waals surface area contributed by atoms with Gasteiger partial charge in [-0.1, -0.05) is 31.4 Å². The third-order valence-electron chi connectivity index (χ3n) is 1.82. The van der Waals surface area contributed by atoms with Crippen LogP contribution in [0.1, 0.15) is 32.6 Å². The largest absolute Gasteiger partial charge is 0.316 e. The Morgan fingerprint density at radius 2 is 2.33 bits per heavy atom. The SMILES string of the molecule is CCCCCC1=C(Cl)NSC=C1. The fourth-order valence-corrected chi connectivity index (χ4v) is 1.93. The minimum absolute atomic E-state index is 0.804. The van der Waals surface area contributed by atoms with Crippen LogP contribution in [0.2, 0.25) is 0 Å². The zero-order chi connectivity index (χ0) is 8.81. The lowest BCUT2D eigenvalue weighted by atomic mass is 10.1. The van der Waals surface area contributed by atoms with Gasteiger partial charge in [-0.2, -0.15) is 0 Å². The smallest absolute Gasteiger partial charge is 0.115 e. The highest BCUT2D eigenvalue weighted by molar-refractivity contribution is 8.00. The number of halogens is 1. The van der Waals surface area contributed by atoms with Gasteiger partial charge in [0.1, 0.15) is 5.16 Å². The molecule has 0 amide bonds. The van der Waals surface area contributed by atoms with Gasteiger partial charge in [-0.05, 0) is 41.8 Å². The molecule has 1 heterocycles. The Bertz CT molecular complexity index is 199. The van der Waals surface area contributed by atoms with Crippen LogP contribution in [0.3, 0.4) is 0 Å². The highest BCUT2D eigenvalue weighted by Crippen LogP contribution is 2.22. The highest BCUT2D eigenvalue weighted by atomic mass is 35.5. The molecule has 0 fully saturated rings. The average Bonchev–Trinajstić information content (AvgIpc) is 2.09. The zero-order valence-corrected chi connectivity index (χ0v) is 8.84. The quantitative estimate of drug-likeness (QED) is 0.424. The molecule has 0 aromatic rings. The summed E-state index contributed by atoms with van der Waals surface area (Å²) in [4.78, 5) is 0. The van der Waals surface area contributed by atoms with Crippen molar-refractivity contribution in [3.05, 3.63) is 22.2 Å². The van der Waals surface area contributed by atoms with Crippen LogP contribution in [0.15, 0.2) is 22.2 Å². The summed E-state index contributed by atoms with van der Waals surface area (Å²) in [5.41, 5.74) is 1.24. The van der Waals surface area contributed by atoms with Crippen molar-refractivity contribution in [3.63, 3.8) is 0 Å². The molecule has 0 aliphatic carbocycles. The van der Waals surface area contributed by atoms with Crippen molar-refractivity contribution in [2.45, 2.75) is 32.6 Å². The summed E-state index contributed by atoms with van der Waals surface area (Å²) in [5.74, 6) is 0. The van der Waals surface area contributed by atoms with E-state index in [1.807, 2.05) is 5.41 Å². The summed E-state index contributed by atoms with van der Waals surface area (Å²) >= 11 is 7.48. The van der Waals surface area contributed by atoms with Crippen molar-refractivity contribution in [1.82, 2.24) is 4.72 Å². The molecule has 0 saturated heterocycles. The maximum Gasteiger partial charge on any atom is 0.115 e. The number of unbranched alkanes of at least 4 members (excludes halogenated alkanes) is 2. The van der Waals surface area contributed by atoms with Crippen LogP contribution < -0.4 is 4.72 Å². The Labute approximate surface area is 83.4 Å². The topological polar surface area (TPSA) is 12.0 Å². The van der Waals surface area contributed by atoms with Gasteiger partial charge in [-0.15, -0.1) is 0 Å². The van der Waals surface area contributed by atoms with Gasteiger partial charge in [0.05, 0.1) is 0 Å². The number of allylic oxidation sites excluding steroid dienone is 2. The summed E-state index contributed by atoms with van der Waals surface area (Å²) in [6.45, 7) is 2.21. The lowest BCUT2D eigenvalue weighted by molar-refractivity contribution is 0.717. The third-order valence-corrected chi connectivity index (χ3v) is 2.86. The fraction of sp³-hybridized carbons (Fsp3) is 0.556. The first kappa shape index (κ1) is 10.0. The zero-order valence-electron chi connectivity index (χ0n) is 7.27. The number of hydrogen-bond acceptors (Lipinski definition) is 2. The maximum atomic E-state index is 5.96. The first-order valence-electron chi connectivity index (χ1n) is 4.31. The summed E-state index contributed by atoms with van der Waals surface area (Å²) in [7, 11) is 0. The first-order chi connectivity index (χ1) is 5.84. The predicted octanol–water partition coefficient (Wildman–Crippen LogP) is 3.78. The summed E-state index contributed by atoms with van der Waals surface area (Å²) in [6.07, 6.45) is 6.97. The van der Waals surface area contributed by atoms with Gasteiger partial charge in [-0.3, -0.25) is 0 Å². The molecule has 0 bridgehead atoms. The Morgan fingerprint density at radius 3 is 3.00 bits per heavy atom. The average molecular weight is 204 g/mol. The second-order valence-electron chi connectivity index (χ2n) is 2.82. The fourth-order valence-electron chi connectivity index (χ4n) is 1.10. The lowest BCUT2D eigenvalue weighted by Crippen LogP contribution is -2.02. The normalized spacial score (nSPS) is 16.5. The van der Waals surface area contributed by atoms with E-state index in [0.717, 1.165) is 11.6 Å². The third kappa shape index (κ3) is 3.11. The highest BCUT2D eigenvalue weighted by Gasteiger charge is 2.04. The molecule has 0 saturated carbocycles. The van der Waals surface area contributed by atoms with Crippen molar-refractivity contribution in [3.8, 4) is 0 Å². The molecule has 0 unspecified atom stereocenters. The van der Waals surface area contributed by atoms with Crippen molar-refractivity contribution in [1.29, 1.82) is 0 Å². The molecule has 1 nitrogen and oxygen atoms in total. The van der Waals surface area contributed by atoms with Crippen LogP contribution in [0.4, 0.5) is 0 Å². The molecule has 68 valence electrons. The van der Waals surface area contributed by atoms with Gasteiger partial charge >= 0.3 is 0 Å². The van der Waals surface area contributed by atoms with Gasteiger partial charge in [0.15, 0.2) is 0 Å². The van der Waals surface area contributed by atoms with E-state index in [1.54, 1.807) is 0 Å². The van der Waals surface area contributed by atoms with Crippen molar-refractivity contribution in [2.24, 2.45) is 0 Å². The van der Waals surface area contributed by atoms with Crippen LogP contribution in [0.5, 0.6) is 0 Å². The van der Waals surface area contributed by atoms with E-state index < -0.39 is 0 Å². The van der Waals surface area contributed by atoms with Gasteiger partial charge in [0, 0.05) is 0 Å². The molecule has 1 aliphatic rings. The molecule has 0 aromatic carbocycles. The van der Waals surface area contributed by atoms with E-state index in [0.29, 0.717) is 0 Å². The van der Waals surface area contributed by atoms with Crippen molar-refractivity contribution < 1.29 is 0 Å². The molecule has 0 radical (unpaired) electrons. The Hall–Kier alpha value is -0.0800. The summed E-state index contributed by atoms with van der Waals surface area (Å²) in [6, 6.07) is 0. The lowest BCUT2D eigenvalue weighted by Gasteiger charge is -2.11. The molecule has 3 heteroatoms. The van der Waals surface area contributed by atoms with Gasteiger partial charge in [-0.25, -0.2) is 0 Å². The molecule has 0 atom stereocenters. The Balaban J connectivity index is 2.34. The van der Waals surface area contributed by atoms with Crippen LogP contribution in [0.25, 0.3) is 0 Å². The van der Waals surface area contributed by atoms with E-state index in [4.69, 9.17) is 11.6 Å². The molecular formula is C9H14ClNS. The second kappa shape index (κ2) is 5.55. The van der Waals surface area contributed by atoms with Crippen LogP contribution in [-0.2, 0) is 0 Å². The Kier molecular flexibility index (Phi) is 4.62. The summed E-state index contributed by atoms with van der Waals surface area (Å²) < 4.78 is 3.03. The minimum Gasteiger partial charge on any atom is -0.316 e. The molecule has 1 N–H and O–H groups in total. The number of rotatable bonds is 4. The van der Waals surface area contributed by atoms with Crippen LogP contribution in [-0.4, -0.2) is 0 Å². The molecule has 0 aromatic heterocycles. The minimum atomic E-state index is 0.804. The molecule has 1 aliphatic heterocycles. The second-order valence-corrected chi connectivity index (χ2v) is 3.91. The van der Waals surface area contributed by atoms with E-state index in [9.17, 15) is 0 Å². The predicted molar refractivity (Wildman–Crippen MR) is 56.9 cm³/mol. The standard InChI is InChI=1S/C9H14ClNS/c1-2-3-4-5-8-6-7-12-11-9(8)10/h6-7,11H,2-5H2,1H3. The number of hydrogen-bond donors (Lipinski definition) is 1. The monoisotopic (exact) mass is 203 g/mol. The van der Waals surface area contributed by atoms with E-state index in [-0.39, 0.29) is 0 Å². The van der Waals surface area contributed by atoms with Crippen LogP contribution >= 0.6 is 23.5 Å².